The molecule has 2 heterocycles. The van der Waals surface area contributed by atoms with E-state index in [9.17, 15) is 9.59 Å². The molecule has 2 amide bonds. The molecule has 2 aromatic heterocycles. The molecule has 1 aliphatic rings. The van der Waals surface area contributed by atoms with E-state index >= 15 is 0 Å². The first-order valence-corrected chi connectivity index (χ1v) is 10.2. The third kappa shape index (κ3) is 3.92. The number of amides is 2. The lowest BCUT2D eigenvalue weighted by Crippen LogP contribution is -2.23. The maximum atomic E-state index is 13.3. The van der Waals surface area contributed by atoms with Crippen LogP contribution >= 0.6 is 0 Å². The van der Waals surface area contributed by atoms with Crippen molar-refractivity contribution in [3.05, 3.63) is 47.3 Å². The van der Waals surface area contributed by atoms with Gasteiger partial charge in [-0.25, -0.2) is 9.67 Å². The number of anilines is 2. The average molecular weight is 406 g/mol. The lowest BCUT2D eigenvalue weighted by Gasteiger charge is -2.20. The van der Waals surface area contributed by atoms with Gasteiger partial charge in [-0.3, -0.25) is 9.59 Å². The van der Waals surface area contributed by atoms with Crippen molar-refractivity contribution < 1.29 is 9.59 Å². The fourth-order valence-electron chi connectivity index (χ4n) is 3.62. The highest BCUT2D eigenvalue weighted by molar-refractivity contribution is 6.13. The smallest absolute Gasteiger partial charge is 0.256 e. The predicted octanol–water partition coefficient (Wildman–Crippen LogP) is 4.58. The number of benzene rings is 1. The minimum absolute atomic E-state index is 0.159. The van der Waals surface area contributed by atoms with Gasteiger partial charge in [-0.1, -0.05) is 6.07 Å². The molecule has 1 aromatic carbocycles. The topological polar surface area (TPSA) is 88.9 Å². The van der Waals surface area contributed by atoms with Crippen molar-refractivity contribution >= 4 is 34.2 Å². The number of hydrogen-bond acceptors (Lipinski definition) is 4. The van der Waals surface area contributed by atoms with E-state index in [1.807, 2.05) is 17.7 Å². The van der Waals surface area contributed by atoms with Crippen LogP contribution in [-0.4, -0.2) is 26.6 Å². The van der Waals surface area contributed by atoms with Crippen LogP contribution in [0.5, 0.6) is 0 Å². The number of carbonyl (C=O) groups is 2. The zero-order chi connectivity index (χ0) is 21.6. The number of hydrogen-bond donors (Lipinski definition) is 2. The summed E-state index contributed by atoms with van der Waals surface area (Å²) in [6.07, 6.45) is 2.20. The molecule has 7 heteroatoms. The summed E-state index contributed by atoms with van der Waals surface area (Å²) in [4.78, 5) is 29.5. The Kier molecular flexibility index (Phi) is 4.84. The first kappa shape index (κ1) is 20.1. The highest BCUT2D eigenvalue weighted by atomic mass is 16.2. The van der Waals surface area contributed by atoms with E-state index in [1.54, 1.807) is 24.3 Å². The number of pyridine rings is 1. The molecule has 2 N–H and O–H groups in total. The Balaban J connectivity index is 1.77. The van der Waals surface area contributed by atoms with Gasteiger partial charge in [0.05, 0.1) is 22.2 Å². The number of carbonyl (C=O) groups excluding carboxylic acids is 2. The largest absolute Gasteiger partial charge is 0.326 e. The molecular weight excluding hydrogens is 378 g/mol. The van der Waals surface area contributed by atoms with Crippen LogP contribution in [0.3, 0.4) is 0 Å². The Morgan fingerprint density at radius 1 is 1.10 bits per heavy atom. The molecule has 0 radical (unpaired) electrons. The second kappa shape index (κ2) is 7.23. The van der Waals surface area contributed by atoms with Crippen LogP contribution in [0.2, 0.25) is 0 Å². The molecule has 156 valence electrons. The van der Waals surface area contributed by atoms with Gasteiger partial charge < -0.3 is 10.6 Å². The predicted molar refractivity (Wildman–Crippen MR) is 118 cm³/mol. The van der Waals surface area contributed by atoms with Crippen LogP contribution in [0.15, 0.2) is 30.3 Å². The summed E-state index contributed by atoms with van der Waals surface area (Å²) in [6.45, 7) is 9.61. The number of rotatable bonds is 4. The van der Waals surface area contributed by atoms with Gasteiger partial charge in [0, 0.05) is 29.9 Å². The summed E-state index contributed by atoms with van der Waals surface area (Å²) in [5.74, 6) is 0.0436. The van der Waals surface area contributed by atoms with E-state index in [1.165, 1.54) is 6.92 Å². The van der Waals surface area contributed by atoms with E-state index in [0.29, 0.717) is 22.9 Å². The monoisotopic (exact) mass is 405 g/mol. The van der Waals surface area contributed by atoms with Crippen molar-refractivity contribution in [3.63, 3.8) is 0 Å². The highest BCUT2D eigenvalue weighted by Gasteiger charge is 2.30. The quantitative estimate of drug-likeness (QED) is 0.665. The molecule has 0 bridgehead atoms. The SMILES string of the molecule is CC(=O)Nc1cccc(NC(=O)c2cc(C3CC3)nc3c2c(C)nn3C(C)(C)C)c1. The van der Waals surface area contributed by atoms with E-state index in [2.05, 4.69) is 31.4 Å². The first-order valence-electron chi connectivity index (χ1n) is 10.2. The molecule has 30 heavy (non-hydrogen) atoms. The van der Waals surface area contributed by atoms with Crippen molar-refractivity contribution in [2.24, 2.45) is 0 Å². The summed E-state index contributed by atoms with van der Waals surface area (Å²) >= 11 is 0. The van der Waals surface area contributed by atoms with Gasteiger partial charge in [0.2, 0.25) is 5.91 Å². The van der Waals surface area contributed by atoms with Gasteiger partial charge in [0.1, 0.15) is 0 Å². The second-order valence-corrected chi connectivity index (χ2v) is 8.95. The van der Waals surface area contributed by atoms with E-state index in [4.69, 9.17) is 10.1 Å². The molecule has 3 aromatic rings. The zero-order valence-corrected chi connectivity index (χ0v) is 18.0. The molecular formula is C23H27N5O2. The third-order valence-corrected chi connectivity index (χ3v) is 5.15. The van der Waals surface area contributed by atoms with Gasteiger partial charge in [0.25, 0.3) is 5.91 Å². The number of nitrogens with one attached hydrogen (secondary N) is 2. The maximum absolute atomic E-state index is 13.3. The number of nitrogens with zero attached hydrogens (tertiary/aromatic N) is 3. The summed E-state index contributed by atoms with van der Waals surface area (Å²) in [5.41, 5.74) is 4.07. The standard InChI is InChI=1S/C23H27N5O2/c1-13-20-18(22(30)25-17-8-6-7-16(11-17)24-14(2)29)12-19(15-9-10-15)26-21(20)28(27-13)23(3,4)5/h6-8,11-12,15H,9-10H2,1-5H3,(H,24,29)(H,25,30). The summed E-state index contributed by atoms with van der Waals surface area (Å²) in [7, 11) is 0. The van der Waals surface area contributed by atoms with Crippen LogP contribution in [-0.2, 0) is 10.3 Å². The normalized spacial score (nSPS) is 14.0. The van der Waals surface area contributed by atoms with Crippen molar-refractivity contribution in [3.8, 4) is 0 Å². The summed E-state index contributed by atoms with van der Waals surface area (Å²) in [5, 5.41) is 11.2. The van der Waals surface area contributed by atoms with Crippen LogP contribution in [0.25, 0.3) is 11.0 Å². The molecule has 0 atom stereocenters. The summed E-state index contributed by atoms with van der Waals surface area (Å²) in [6, 6.07) is 9.03. The van der Waals surface area contributed by atoms with E-state index in [0.717, 1.165) is 35.3 Å². The third-order valence-electron chi connectivity index (χ3n) is 5.15. The lowest BCUT2D eigenvalue weighted by molar-refractivity contribution is -0.114. The Morgan fingerprint density at radius 2 is 1.77 bits per heavy atom. The molecule has 0 saturated heterocycles. The second-order valence-electron chi connectivity index (χ2n) is 8.95. The van der Waals surface area contributed by atoms with Crippen molar-refractivity contribution in [2.45, 2.75) is 58.9 Å². The fraction of sp³-hybridized carbons (Fsp3) is 0.391. The van der Waals surface area contributed by atoms with Gasteiger partial charge in [0.15, 0.2) is 5.65 Å². The minimum atomic E-state index is -0.248. The minimum Gasteiger partial charge on any atom is -0.326 e. The highest BCUT2D eigenvalue weighted by Crippen LogP contribution is 2.41. The molecule has 0 spiro atoms. The van der Waals surface area contributed by atoms with Crippen molar-refractivity contribution in [2.75, 3.05) is 10.6 Å². The molecule has 1 aliphatic carbocycles. The molecule has 4 rings (SSSR count). The lowest BCUT2D eigenvalue weighted by atomic mass is 10.1. The first-order chi connectivity index (χ1) is 14.1. The van der Waals surface area contributed by atoms with Crippen molar-refractivity contribution in [1.29, 1.82) is 0 Å². The summed E-state index contributed by atoms with van der Waals surface area (Å²) < 4.78 is 1.91. The fourth-order valence-corrected chi connectivity index (χ4v) is 3.62. The Morgan fingerprint density at radius 3 is 2.37 bits per heavy atom. The Labute approximate surface area is 175 Å². The van der Waals surface area contributed by atoms with Gasteiger partial charge in [-0.05, 0) is 64.8 Å². The molecule has 0 aliphatic heterocycles. The van der Waals surface area contributed by atoms with Crippen LogP contribution in [0.1, 0.15) is 68.2 Å². The average Bonchev–Trinajstić information content (AvgIpc) is 3.44. The Hall–Kier alpha value is -3.22. The Bertz CT molecular complexity index is 1150. The van der Waals surface area contributed by atoms with Crippen LogP contribution in [0.4, 0.5) is 11.4 Å². The molecule has 0 unspecified atom stereocenters. The van der Waals surface area contributed by atoms with Gasteiger partial charge >= 0.3 is 0 Å². The maximum Gasteiger partial charge on any atom is 0.256 e. The number of fused-ring (bicyclic) bond motifs is 1. The van der Waals surface area contributed by atoms with E-state index in [-0.39, 0.29) is 17.4 Å². The number of aromatic nitrogens is 3. The van der Waals surface area contributed by atoms with Crippen LogP contribution < -0.4 is 10.6 Å². The number of aryl methyl sites for hydroxylation is 1. The molecule has 7 nitrogen and oxygen atoms in total. The molecule has 1 fully saturated rings. The van der Waals surface area contributed by atoms with Gasteiger partial charge in [-0.2, -0.15) is 5.10 Å². The van der Waals surface area contributed by atoms with E-state index < -0.39 is 0 Å². The van der Waals surface area contributed by atoms with Crippen LogP contribution in [0, 0.1) is 6.92 Å². The zero-order valence-electron chi connectivity index (χ0n) is 18.0. The van der Waals surface area contributed by atoms with Crippen molar-refractivity contribution in [1.82, 2.24) is 14.8 Å². The molecule has 1 saturated carbocycles. The van der Waals surface area contributed by atoms with Gasteiger partial charge in [-0.15, -0.1) is 0 Å².